The fourth-order valence-corrected chi connectivity index (χ4v) is 6.62. The van der Waals surface area contributed by atoms with Crippen LogP contribution in [0.4, 0.5) is 0 Å². The van der Waals surface area contributed by atoms with E-state index in [2.05, 4.69) is 0 Å². The molecule has 0 spiro atoms. The molecule has 1 heterocycles. The number of rotatable bonds is 3. The molecule has 0 saturated carbocycles. The minimum Gasteiger partial charge on any atom is -0.455 e. The Morgan fingerprint density at radius 1 is 0.294 bits per heavy atom. The Bertz CT molecular complexity index is 4840. The lowest BCUT2D eigenvalue weighted by Crippen LogP contribution is -1.94. The number of hydrogen-bond acceptors (Lipinski definition) is 1. The summed E-state index contributed by atoms with van der Waals surface area (Å²) in [5, 5.41) is -8.42. The molecule has 1 heteroatoms. The highest BCUT2D eigenvalue weighted by molar-refractivity contribution is 6.27. The quantitative estimate of drug-likeness (QED) is 0.170. The van der Waals surface area contributed by atoms with Crippen LogP contribution in [0.2, 0.25) is 0 Å². The molecule has 0 aliphatic heterocycles. The highest BCUT2D eigenvalue weighted by Gasteiger charge is 2.23. The molecule has 51 heavy (non-hydrogen) atoms. The van der Waals surface area contributed by atoms with E-state index in [0.717, 1.165) is 0 Å². The molecule has 0 aliphatic rings. The Balaban J connectivity index is 1.54. The lowest BCUT2D eigenvalue weighted by Gasteiger charge is -2.21. The summed E-state index contributed by atoms with van der Waals surface area (Å²) in [7, 11) is 0. The Morgan fingerprint density at radius 2 is 0.745 bits per heavy atom. The van der Waals surface area contributed by atoms with E-state index in [1.165, 1.54) is 0 Å². The molecule has 1 aromatic heterocycles. The molecule has 236 valence electrons. The van der Waals surface area contributed by atoms with Gasteiger partial charge >= 0.3 is 0 Å². The minimum absolute atomic E-state index is 0.476. The third kappa shape index (κ3) is 4.09. The molecule has 10 aromatic carbocycles. The van der Waals surface area contributed by atoms with Crippen LogP contribution in [-0.2, 0) is 0 Å². The summed E-state index contributed by atoms with van der Waals surface area (Å²) in [6.45, 7) is 0. The second-order valence-corrected chi connectivity index (χ2v) is 11.3. The molecule has 0 N–H and O–H groups in total. The molecular formula is C50H30O. The summed E-state index contributed by atoms with van der Waals surface area (Å²) in [6, 6.07) is -29.4. The van der Waals surface area contributed by atoms with E-state index in [1.807, 2.05) is 0 Å². The molecular weight excluding hydrogens is 617 g/mol. The van der Waals surface area contributed by atoms with E-state index in [0.29, 0.717) is 0 Å². The van der Waals surface area contributed by atoms with Gasteiger partial charge in [-0.15, -0.1) is 0 Å². The van der Waals surface area contributed by atoms with Crippen molar-refractivity contribution in [1.29, 1.82) is 0 Å². The third-order valence-corrected chi connectivity index (χ3v) is 8.69. The van der Waals surface area contributed by atoms with Crippen LogP contribution in [0, 0.1) is 0 Å². The van der Waals surface area contributed by atoms with Gasteiger partial charge in [-0.3, -0.25) is 0 Å². The second kappa shape index (κ2) is 10.9. The highest BCUT2D eigenvalue weighted by Crippen LogP contribution is 2.50. The maximum Gasteiger partial charge on any atom is 0.143 e. The fourth-order valence-electron chi connectivity index (χ4n) is 6.62. The number of fused-ring (bicyclic) bond motifs is 9. The van der Waals surface area contributed by atoms with Crippen molar-refractivity contribution in [1.82, 2.24) is 0 Å². The topological polar surface area (TPSA) is 13.1 Å². The first-order chi connectivity index (χ1) is 37.8. The molecule has 0 amide bonds. The standard InChI is InChI=1S/C50H30O/c1-4-17-34-31(13-1)16-11-24-37(34)47-38-20-7-9-22-40(38)48(41-23-10-8-21-39(41)47)42-29-27-32-14-2-5-18-35(32)46(42)43-25-12-26-44-49-36-19-6-3-15-33(36)28-30-45(49)51-50(43)44/h1-30H/i1D,2D,3D,4D,5D,6D,7D,8D,9D,10D,11D,12D,13D,14D,15D,16D,17D,18D,19D,20D,21D,22D,23D,24D,25D,26D,27D,28D,29D,30D. The zero-order valence-corrected chi connectivity index (χ0v) is 25.4. The van der Waals surface area contributed by atoms with Crippen molar-refractivity contribution in [2.75, 3.05) is 0 Å². The predicted molar refractivity (Wildman–Crippen MR) is 218 cm³/mol. The van der Waals surface area contributed by atoms with Crippen LogP contribution in [0.1, 0.15) is 41.1 Å². The average molecular weight is 677 g/mol. The van der Waals surface area contributed by atoms with Crippen LogP contribution in [0.15, 0.2) is 186 Å². The van der Waals surface area contributed by atoms with E-state index >= 15 is 0 Å². The molecule has 11 aromatic rings. The lowest BCUT2D eigenvalue weighted by atomic mass is 9.81. The van der Waals surface area contributed by atoms with Gasteiger partial charge in [0, 0.05) is 21.9 Å². The van der Waals surface area contributed by atoms with Crippen molar-refractivity contribution < 1.29 is 45.5 Å². The molecule has 0 unspecified atom stereocenters. The smallest absolute Gasteiger partial charge is 0.143 e. The first-order valence-corrected chi connectivity index (χ1v) is 15.2. The van der Waals surface area contributed by atoms with E-state index in [1.54, 1.807) is 0 Å². The SMILES string of the molecule is [2H]c1c([2H])c([2H])c2c(oc3c([2H])c([2H])c4c([2H])c([2H])c([2H])c([2H])c4c32)c1-c1c(-c2c3c([2H])c([2H])c([2H])c([2H])c3c(-c3c([2H])c([2H])c([2H])c4c([2H])c([2H])c([2H])c([2H])c34)c3c([2H])c([2H])c([2H])c([2H])c23)c([2H])c([2H])c2c([2H])c([2H])c([2H])c([2H])c12. The molecule has 0 fully saturated rings. The van der Waals surface area contributed by atoms with Gasteiger partial charge in [-0.25, -0.2) is 0 Å². The molecule has 11 rings (SSSR count). The van der Waals surface area contributed by atoms with Crippen molar-refractivity contribution in [3.63, 3.8) is 0 Å². The summed E-state index contributed by atoms with van der Waals surface area (Å²) in [5.41, 5.74) is -6.51. The van der Waals surface area contributed by atoms with Crippen molar-refractivity contribution in [2.24, 2.45) is 0 Å². The van der Waals surface area contributed by atoms with Crippen molar-refractivity contribution in [2.45, 2.75) is 0 Å². The maximum atomic E-state index is 10.0. The number of furan rings is 1. The van der Waals surface area contributed by atoms with E-state index < -0.39 is 290 Å². The minimum atomic E-state index is -1.15. The fraction of sp³-hybridized carbons (Fsp3) is 0. The van der Waals surface area contributed by atoms with Gasteiger partial charge in [0.15, 0.2) is 0 Å². The third-order valence-electron chi connectivity index (χ3n) is 8.69. The number of hydrogen-bond donors (Lipinski definition) is 0. The van der Waals surface area contributed by atoms with Gasteiger partial charge < -0.3 is 4.42 Å². The molecule has 1 nitrogen and oxygen atoms in total. The van der Waals surface area contributed by atoms with Crippen LogP contribution in [0.25, 0.3) is 109 Å². The van der Waals surface area contributed by atoms with Crippen LogP contribution in [-0.4, -0.2) is 0 Å². The predicted octanol–water partition coefficient (Wildman–Crippen LogP) is 14.4. The van der Waals surface area contributed by atoms with Gasteiger partial charge in [0.25, 0.3) is 0 Å². The number of benzene rings is 10. The van der Waals surface area contributed by atoms with E-state index in [9.17, 15) is 15.1 Å². The van der Waals surface area contributed by atoms with Gasteiger partial charge in [-0.2, -0.15) is 0 Å². The summed E-state index contributed by atoms with van der Waals surface area (Å²) in [5.74, 6) is 0. The molecule has 0 bridgehead atoms. The van der Waals surface area contributed by atoms with Crippen LogP contribution < -0.4 is 0 Å². The first-order valence-electron chi connectivity index (χ1n) is 30.2. The van der Waals surface area contributed by atoms with Gasteiger partial charge in [0.2, 0.25) is 0 Å². The summed E-state index contributed by atoms with van der Waals surface area (Å²) < 4.78 is 281. The van der Waals surface area contributed by atoms with E-state index in [4.69, 9.17) is 30.5 Å². The van der Waals surface area contributed by atoms with Crippen LogP contribution >= 0.6 is 0 Å². The van der Waals surface area contributed by atoms with Gasteiger partial charge in [0.05, 0.1) is 41.1 Å². The maximum absolute atomic E-state index is 10.0. The average Bonchev–Trinajstić information content (AvgIpc) is 1.95. The zero-order valence-electron chi connectivity index (χ0n) is 55.4. The molecule has 0 aliphatic carbocycles. The monoisotopic (exact) mass is 676 g/mol. The van der Waals surface area contributed by atoms with Gasteiger partial charge in [0.1, 0.15) is 11.2 Å². The molecule has 0 atom stereocenters. The molecule has 0 saturated heterocycles. The van der Waals surface area contributed by atoms with Crippen molar-refractivity contribution in [3.05, 3.63) is 181 Å². The van der Waals surface area contributed by atoms with Gasteiger partial charge in [-0.1, -0.05) is 175 Å². The van der Waals surface area contributed by atoms with E-state index in [-0.39, 0.29) is 0 Å². The van der Waals surface area contributed by atoms with Crippen LogP contribution in [0.3, 0.4) is 0 Å². The Hall–Kier alpha value is -6.70. The van der Waals surface area contributed by atoms with Crippen molar-refractivity contribution >= 4 is 75.8 Å². The van der Waals surface area contributed by atoms with Crippen LogP contribution in [0.5, 0.6) is 0 Å². The number of para-hydroxylation sites is 1. The van der Waals surface area contributed by atoms with Gasteiger partial charge in [-0.05, 0) is 82.2 Å². The Morgan fingerprint density at radius 3 is 1.43 bits per heavy atom. The zero-order chi connectivity index (χ0) is 59.6. The highest BCUT2D eigenvalue weighted by atomic mass is 16.3. The largest absolute Gasteiger partial charge is 0.455 e. The first kappa shape index (κ1) is 11.7. The summed E-state index contributed by atoms with van der Waals surface area (Å²) in [4.78, 5) is 0. The van der Waals surface area contributed by atoms with Crippen molar-refractivity contribution in [3.8, 4) is 33.4 Å². The lowest BCUT2D eigenvalue weighted by molar-refractivity contribution is 0.670. The molecule has 0 radical (unpaired) electrons. The second-order valence-electron chi connectivity index (χ2n) is 11.3. The Kier molecular flexibility index (Phi) is 2.50. The Labute approximate surface area is 336 Å². The normalized spacial score (nSPS) is 20.2. The summed E-state index contributed by atoms with van der Waals surface area (Å²) in [6.07, 6.45) is 0. The summed E-state index contributed by atoms with van der Waals surface area (Å²) >= 11 is 0.